The van der Waals surface area contributed by atoms with Crippen LogP contribution in [0.25, 0.3) is 27.7 Å². The Morgan fingerprint density at radius 2 is 1.82 bits per heavy atom. The maximum atomic E-state index is 15.1. The summed E-state index contributed by atoms with van der Waals surface area (Å²) in [6, 6.07) is 15.6. The van der Waals surface area contributed by atoms with Crippen molar-refractivity contribution < 1.29 is 18.3 Å². The van der Waals surface area contributed by atoms with Crippen LogP contribution in [0, 0.1) is 11.6 Å². The van der Waals surface area contributed by atoms with Crippen molar-refractivity contribution in [2.75, 3.05) is 7.11 Å². The fourth-order valence-electron chi connectivity index (χ4n) is 4.72. The Morgan fingerprint density at radius 3 is 2.59 bits per heavy atom. The molecule has 2 aromatic carbocycles. The van der Waals surface area contributed by atoms with Gasteiger partial charge in [-0.3, -0.25) is 4.98 Å². The molecule has 5 nitrogen and oxygen atoms in total. The molecule has 0 bridgehead atoms. The summed E-state index contributed by atoms with van der Waals surface area (Å²) in [7, 11) is 1.19. The molecule has 1 aliphatic rings. The molecular formula is C27H19F2N3O2. The van der Waals surface area contributed by atoms with Gasteiger partial charge in [0, 0.05) is 28.8 Å². The van der Waals surface area contributed by atoms with Crippen molar-refractivity contribution in [3.05, 3.63) is 102 Å². The number of nitrogens with zero attached hydrogens (tertiary/aromatic N) is 3. The SMILES string of the molecule is COC(=O)c1ccc(-c2cc(F)c3ncc(C4(c5ccc6ncccc6c5)CC4)n3c2)cc1F. The van der Waals surface area contributed by atoms with Gasteiger partial charge >= 0.3 is 5.97 Å². The number of carbonyl (C=O) groups is 1. The molecule has 3 heterocycles. The molecule has 1 fully saturated rings. The number of imidazole rings is 1. The topological polar surface area (TPSA) is 56.5 Å². The van der Waals surface area contributed by atoms with E-state index in [1.165, 1.54) is 25.3 Å². The van der Waals surface area contributed by atoms with Crippen LogP contribution in [-0.4, -0.2) is 27.4 Å². The van der Waals surface area contributed by atoms with Crippen LogP contribution < -0.4 is 0 Å². The molecule has 168 valence electrons. The molecule has 0 saturated heterocycles. The first kappa shape index (κ1) is 20.5. The molecule has 7 heteroatoms. The second-order valence-electron chi connectivity index (χ2n) is 8.59. The van der Waals surface area contributed by atoms with Crippen LogP contribution in [0.15, 0.2) is 73.2 Å². The zero-order valence-electron chi connectivity index (χ0n) is 18.3. The third kappa shape index (κ3) is 3.08. The minimum Gasteiger partial charge on any atom is -0.465 e. The molecule has 0 atom stereocenters. The highest BCUT2D eigenvalue weighted by Gasteiger charge is 2.48. The molecule has 0 unspecified atom stereocenters. The third-order valence-corrected chi connectivity index (χ3v) is 6.66. The number of fused-ring (bicyclic) bond motifs is 2. The number of benzene rings is 2. The highest BCUT2D eigenvalue weighted by molar-refractivity contribution is 5.90. The Balaban J connectivity index is 1.47. The van der Waals surface area contributed by atoms with Crippen LogP contribution in [0.1, 0.15) is 34.5 Å². The lowest BCUT2D eigenvalue weighted by molar-refractivity contribution is 0.0595. The number of halogens is 2. The van der Waals surface area contributed by atoms with Crippen LogP contribution in [0.3, 0.4) is 0 Å². The molecule has 0 amide bonds. The van der Waals surface area contributed by atoms with E-state index in [0.717, 1.165) is 35.0 Å². The summed E-state index contributed by atoms with van der Waals surface area (Å²) in [5.41, 5.74) is 3.66. The van der Waals surface area contributed by atoms with Gasteiger partial charge < -0.3 is 9.14 Å². The molecular weight excluding hydrogens is 436 g/mol. The number of aromatic nitrogens is 3. The number of hydrogen-bond acceptors (Lipinski definition) is 4. The fourth-order valence-corrected chi connectivity index (χ4v) is 4.72. The molecule has 3 aromatic heterocycles. The van der Waals surface area contributed by atoms with Crippen molar-refractivity contribution in [1.82, 2.24) is 14.4 Å². The molecule has 6 rings (SSSR count). The molecule has 34 heavy (non-hydrogen) atoms. The first-order chi connectivity index (χ1) is 16.5. The van der Waals surface area contributed by atoms with Gasteiger partial charge in [-0.1, -0.05) is 18.2 Å². The summed E-state index contributed by atoms with van der Waals surface area (Å²) in [6.45, 7) is 0. The number of pyridine rings is 2. The predicted octanol–water partition coefficient (Wildman–Crippen LogP) is 5.69. The Kier molecular flexibility index (Phi) is 4.49. The Hall–Kier alpha value is -4.13. The normalized spacial score (nSPS) is 14.4. The minimum atomic E-state index is -0.760. The van der Waals surface area contributed by atoms with E-state index in [0.29, 0.717) is 11.1 Å². The summed E-state index contributed by atoms with van der Waals surface area (Å²) in [5.74, 6) is -1.98. The maximum Gasteiger partial charge on any atom is 0.340 e. The van der Waals surface area contributed by atoms with Gasteiger partial charge in [-0.2, -0.15) is 0 Å². The zero-order chi connectivity index (χ0) is 23.4. The van der Waals surface area contributed by atoms with Crippen LogP contribution in [0.4, 0.5) is 8.78 Å². The number of methoxy groups -OCH3 is 1. The van der Waals surface area contributed by atoms with Gasteiger partial charge in [-0.15, -0.1) is 0 Å². The molecule has 0 radical (unpaired) electrons. The predicted molar refractivity (Wildman–Crippen MR) is 124 cm³/mol. The summed E-state index contributed by atoms with van der Waals surface area (Å²) in [4.78, 5) is 20.5. The van der Waals surface area contributed by atoms with E-state index in [4.69, 9.17) is 0 Å². The molecule has 5 aromatic rings. The quantitative estimate of drug-likeness (QED) is 0.327. The van der Waals surface area contributed by atoms with E-state index < -0.39 is 17.6 Å². The summed E-state index contributed by atoms with van der Waals surface area (Å²) >= 11 is 0. The van der Waals surface area contributed by atoms with Gasteiger partial charge in [0.15, 0.2) is 11.5 Å². The summed E-state index contributed by atoms with van der Waals surface area (Å²) in [5, 5.41) is 1.05. The second kappa shape index (κ2) is 7.45. The smallest absolute Gasteiger partial charge is 0.340 e. The lowest BCUT2D eigenvalue weighted by Crippen LogP contribution is -2.12. The average Bonchev–Trinajstić information content (AvgIpc) is 3.55. The number of hydrogen-bond donors (Lipinski definition) is 0. The summed E-state index contributed by atoms with van der Waals surface area (Å²) in [6.07, 6.45) is 7.10. The molecule has 1 aliphatic carbocycles. The number of ether oxygens (including phenoxy) is 1. The molecule has 1 saturated carbocycles. The van der Waals surface area contributed by atoms with E-state index in [9.17, 15) is 9.18 Å². The first-order valence-corrected chi connectivity index (χ1v) is 10.9. The number of rotatable bonds is 4. The van der Waals surface area contributed by atoms with E-state index in [1.807, 2.05) is 18.2 Å². The lowest BCUT2D eigenvalue weighted by Gasteiger charge is -2.17. The zero-order valence-corrected chi connectivity index (χ0v) is 18.3. The fraction of sp³-hybridized carbons (Fsp3) is 0.148. The van der Waals surface area contributed by atoms with Gasteiger partial charge in [-0.25, -0.2) is 18.6 Å². The monoisotopic (exact) mass is 455 g/mol. The summed E-state index contributed by atoms with van der Waals surface area (Å²) < 4.78 is 36.0. The maximum absolute atomic E-state index is 15.1. The van der Waals surface area contributed by atoms with E-state index >= 15 is 4.39 Å². The van der Waals surface area contributed by atoms with E-state index in [1.54, 1.807) is 29.1 Å². The largest absolute Gasteiger partial charge is 0.465 e. The van der Waals surface area contributed by atoms with E-state index in [-0.39, 0.29) is 16.6 Å². The van der Waals surface area contributed by atoms with Crippen molar-refractivity contribution in [3.8, 4) is 11.1 Å². The van der Waals surface area contributed by atoms with Gasteiger partial charge in [0.05, 0.1) is 30.1 Å². The highest BCUT2D eigenvalue weighted by atomic mass is 19.1. The van der Waals surface area contributed by atoms with Crippen molar-refractivity contribution >= 4 is 22.5 Å². The van der Waals surface area contributed by atoms with Crippen LogP contribution >= 0.6 is 0 Å². The third-order valence-electron chi connectivity index (χ3n) is 6.66. The lowest BCUT2D eigenvalue weighted by atomic mass is 9.91. The highest BCUT2D eigenvalue weighted by Crippen LogP contribution is 2.54. The molecule has 0 spiro atoms. The minimum absolute atomic E-state index is 0.168. The van der Waals surface area contributed by atoms with Crippen molar-refractivity contribution in [2.45, 2.75) is 18.3 Å². The second-order valence-corrected chi connectivity index (χ2v) is 8.59. The van der Waals surface area contributed by atoms with Gasteiger partial charge in [0.25, 0.3) is 0 Å². The van der Waals surface area contributed by atoms with Crippen LogP contribution in [-0.2, 0) is 10.2 Å². The Bertz CT molecular complexity index is 1600. The van der Waals surface area contributed by atoms with Gasteiger partial charge in [0.1, 0.15) is 5.82 Å². The molecule has 0 N–H and O–H groups in total. The first-order valence-electron chi connectivity index (χ1n) is 10.9. The van der Waals surface area contributed by atoms with Crippen molar-refractivity contribution in [3.63, 3.8) is 0 Å². The Morgan fingerprint density at radius 1 is 1.00 bits per heavy atom. The van der Waals surface area contributed by atoms with E-state index in [2.05, 4.69) is 26.8 Å². The van der Waals surface area contributed by atoms with Gasteiger partial charge in [-0.05, 0) is 60.4 Å². The van der Waals surface area contributed by atoms with Crippen LogP contribution in [0.2, 0.25) is 0 Å². The van der Waals surface area contributed by atoms with Gasteiger partial charge in [0.2, 0.25) is 0 Å². The van der Waals surface area contributed by atoms with Crippen molar-refractivity contribution in [1.29, 1.82) is 0 Å². The van der Waals surface area contributed by atoms with Crippen molar-refractivity contribution in [2.24, 2.45) is 0 Å². The Labute approximate surface area is 193 Å². The number of carbonyl (C=O) groups excluding carboxylic acids is 1. The molecule has 0 aliphatic heterocycles. The number of esters is 1. The average molecular weight is 455 g/mol. The van der Waals surface area contributed by atoms with Crippen LogP contribution in [0.5, 0.6) is 0 Å². The standard InChI is InChI=1S/C27H19F2N3O2/c1-34-26(33)20-6-4-16(12-21(20)28)18-13-22(29)25-31-14-24(32(25)15-18)27(8-9-27)19-5-7-23-17(11-19)3-2-10-30-23/h2-7,10-15H,8-9H2,1H3.